The summed E-state index contributed by atoms with van der Waals surface area (Å²) in [5.74, 6) is 0.557. The van der Waals surface area contributed by atoms with Gasteiger partial charge in [0.15, 0.2) is 11.5 Å². The molecule has 2 heterocycles. The molecule has 1 aliphatic heterocycles. The lowest BCUT2D eigenvalue weighted by Gasteiger charge is -2.09. The Morgan fingerprint density at radius 3 is 2.67 bits per heavy atom. The van der Waals surface area contributed by atoms with Crippen molar-refractivity contribution in [3.8, 4) is 11.5 Å². The van der Waals surface area contributed by atoms with Crippen LogP contribution in [0.4, 0.5) is 5.69 Å². The van der Waals surface area contributed by atoms with Crippen LogP contribution in [0.5, 0.6) is 11.5 Å². The maximum atomic E-state index is 12.3. The van der Waals surface area contributed by atoms with E-state index in [0.717, 1.165) is 0 Å². The van der Waals surface area contributed by atoms with E-state index < -0.39 is 5.91 Å². The van der Waals surface area contributed by atoms with E-state index in [1.807, 2.05) is 13.8 Å². The summed E-state index contributed by atoms with van der Waals surface area (Å²) < 4.78 is 10.5. The number of carbonyl (C=O) groups excluding carboxylic acids is 2. The van der Waals surface area contributed by atoms with E-state index in [1.54, 1.807) is 24.3 Å². The fraction of sp³-hybridized carbons (Fsp3) is 0.235. The Bertz CT molecular complexity index is 789. The van der Waals surface area contributed by atoms with Gasteiger partial charge in [-0.1, -0.05) is 0 Å². The first-order valence-electron chi connectivity index (χ1n) is 7.51. The fourth-order valence-electron chi connectivity index (χ4n) is 2.21. The van der Waals surface area contributed by atoms with Crippen LogP contribution in [-0.2, 0) is 0 Å². The lowest BCUT2D eigenvalue weighted by atomic mass is 10.2. The molecular formula is C17H17N3O4. The number of hydrogen-bond acceptors (Lipinski definition) is 5. The third-order valence-electron chi connectivity index (χ3n) is 3.30. The second-order valence-corrected chi connectivity index (χ2v) is 5.58. The van der Waals surface area contributed by atoms with Crippen LogP contribution in [-0.4, -0.2) is 29.6 Å². The first kappa shape index (κ1) is 15.8. The molecule has 0 radical (unpaired) electrons. The SMILES string of the molecule is CC(C)NC(=O)c1ccnc(C(=O)Nc2ccc3c(c2)OCO3)c1. The summed E-state index contributed by atoms with van der Waals surface area (Å²) in [5, 5.41) is 5.50. The van der Waals surface area contributed by atoms with Gasteiger partial charge in [-0.3, -0.25) is 14.6 Å². The maximum absolute atomic E-state index is 12.3. The van der Waals surface area contributed by atoms with Crippen molar-refractivity contribution in [2.45, 2.75) is 19.9 Å². The highest BCUT2D eigenvalue weighted by Gasteiger charge is 2.16. The van der Waals surface area contributed by atoms with Crippen molar-refractivity contribution in [3.63, 3.8) is 0 Å². The molecule has 1 aliphatic rings. The zero-order valence-electron chi connectivity index (χ0n) is 13.3. The Kier molecular flexibility index (Phi) is 4.33. The highest BCUT2D eigenvalue weighted by molar-refractivity contribution is 6.04. The van der Waals surface area contributed by atoms with Crippen LogP contribution in [0.25, 0.3) is 0 Å². The molecule has 2 N–H and O–H groups in total. The number of aromatic nitrogens is 1. The molecule has 124 valence electrons. The first-order chi connectivity index (χ1) is 11.5. The van der Waals surface area contributed by atoms with E-state index >= 15 is 0 Å². The molecule has 2 amide bonds. The van der Waals surface area contributed by atoms with Crippen molar-refractivity contribution < 1.29 is 19.1 Å². The van der Waals surface area contributed by atoms with Crippen molar-refractivity contribution in [2.24, 2.45) is 0 Å². The van der Waals surface area contributed by atoms with Crippen molar-refractivity contribution in [2.75, 3.05) is 12.1 Å². The smallest absolute Gasteiger partial charge is 0.274 e. The molecule has 0 atom stereocenters. The van der Waals surface area contributed by atoms with Gasteiger partial charge in [-0.05, 0) is 38.1 Å². The Balaban J connectivity index is 1.74. The molecule has 7 heteroatoms. The Morgan fingerprint density at radius 1 is 1.08 bits per heavy atom. The quantitative estimate of drug-likeness (QED) is 0.898. The van der Waals surface area contributed by atoms with E-state index in [2.05, 4.69) is 15.6 Å². The lowest BCUT2D eigenvalue weighted by molar-refractivity contribution is 0.0943. The molecule has 7 nitrogen and oxygen atoms in total. The van der Waals surface area contributed by atoms with E-state index in [0.29, 0.717) is 22.7 Å². The molecule has 1 aromatic heterocycles. The molecule has 0 spiro atoms. The fourth-order valence-corrected chi connectivity index (χ4v) is 2.21. The maximum Gasteiger partial charge on any atom is 0.274 e. The molecule has 24 heavy (non-hydrogen) atoms. The minimum absolute atomic E-state index is 0.0107. The average molecular weight is 327 g/mol. The summed E-state index contributed by atoms with van der Waals surface area (Å²) in [5.41, 5.74) is 1.10. The monoisotopic (exact) mass is 327 g/mol. The lowest BCUT2D eigenvalue weighted by Crippen LogP contribution is -2.30. The number of fused-ring (bicyclic) bond motifs is 1. The summed E-state index contributed by atoms with van der Waals surface area (Å²) in [6.07, 6.45) is 1.43. The molecule has 0 fully saturated rings. The van der Waals surface area contributed by atoms with E-state index in [-0.39, 0.29) is 24.4 Å². The number of nitrogens with zero attached hydrogens (tertiary/aromatic N) is 1. The molecule has 2 aromatic rings. The predicted molar refractivity (Wildman–Crippen MR) is 87.4 cm³/mol. The van der Waals surface area contributed by atoms with Crippen molar-refractivity contribution in [1.29, 1.82) is 0 Å². The van der Waals surface area contributed by atoms with Gasteiger partial charge >= 0.3 is 0 Å². The van der Waals surface area contributed by atoms with Gasteiger partial charge in [-0.25, -0.2) is 0 Å². The van der Waals surface area contributed by atoms with Crippen LogP contribution >= 0.6 is 0 Å². The minimum atomic E-state index is -0.409. The van der Waals surface area contributed by atoms with Gasteiger partial charge in [0.25, 0.3) is 11.8 Å². The van der Waals surface area contributed by atoms with E-state index in [9.17, 15) is 9.59 Å². The van der Waals surface area contributed by atoms with Crippen LogP contribution in [0.15, 0.2) is 36.5 Å². The number of benzene rings is 1. The Hall–Kier alpha value is -3.09. The number of anilines is 1. The van der Waals surface area contributed by atoms with Crippen LogP contribution in [0.1, 0.15) is 34.7 Å². The van der Waals surface area contributed by atoms with Gasteiger partial charge in [0, 0.05) is 29.6 Å². The van der Waals surface area contributed by atoms with Crippen molar-refractivity contribution >= 4 is 17.5 Å². The molecule has 1 aromatic carbocycles. The van der Waals surface area contributed by atoms with Crippen LogP contribution < -0.4 is 20.1 Å². The standard InChI is InChI=1S/C17H17N3O4/c1-10(2)19-16(21)11-5-6-18-13(7-11)17(22)20-12-3-4-14-15(8-12)24-9-23-14/h3-8,10H,9H2,1-2H3,(H,19,21)(H,20,22). The van der Waals surface area contributed by atoms with Crippen molar-refractivity contribution in [1.82, 2.24) is 10.3 Å². The van der Waals surface area contributed by atoms with Gasteiger partial charge in [0.1, 0.15) is 5.69 Å². The number of hydrogen-bond donors (Lipinski definition) is 2. The predicted octanol–water partition coefficient (Wildman–Crippen LogP) is 2.20. The van der Waals surface area contributed by atoms with Gasteiger partial charge in [0.2, 0.25) is 6.79 Å². The van der Waals surface area contributed by atoms with Crippen LogP contribution in [0.3, 0.4) is 0 Å². The van der Waals surface area contributed by atoms with Gasteiger partial charge in [-0.15, -0.1) is 0 Å². The molecule has 0 saturated heterocycles. The molecule has 0 unspecified atom stereocenters. The average Bonchev–Trinajstić information content (AvgIpc) is 3.02. The first-order valence-corrected chi connectivity index (χ1v) is 7.51. The summed E-state index contributed by atoms with van der Waals surface area (Å²) in [4.78, 5) is 28.4. The van der Waals surface area contributed by atoms with Gasteiger partial charge < -0.3 is 20.1 Å². The second-order valence-electron chi connectivity index (χ2n) is 5.58. The Labute approximate surface area is 139 Å². The molecular weight excluding hydrogens is 310 g/mol. The third kappa shape index (κ3) is 3.45. The normalized spacial score (nSPS) is 12.1. The number of amides is 2. The number of ether oxygens (including phenoxy) is 2. The van der Waals surface area contributed by atoms with Crippen LogP contribution in [0.2, 0.25) is 0 Å². The summed E-state index contributed by atoms with van der Waals surface area (Å²) >= 11 is 0. The number of nitrogens with one attached hydrogen (secondary N) is 2. The highest BCUT2D eigenvalue weighted by atomic mass is 16.7. The van der Waals surface area contributed by atoms with Crippen molar-refractivity contribution in [3.05, 3.63) is 47.8 Å². The van der Waals surface area contributed by atoms with Gasteiger partial charge in [0.05, 0.1) is 0 Å². The summed E-state index contributed by atoms with van der Waals surface area (Å²) in [6.45, 7) is 3.90. The second kappa shape index (κ2) is 6.57. The van der Waals surface area contributed by atoms with Crippen LogP contribution in [0, 0.1) is 0 Å². The summed E-state index contributed by atoms with van der Waals surface area (Å²) in [6, 6.07) is 8.14. The molecule has 3 rings (SSSR count). The summed E-state index contributed by atoms with van der Waals surface area (Å²) in [7, 11) is 0. The highest BCUT2D eigenvalue weighted by Crippen LogP contribution is 2.34. The number of pyridine rings is 1. The molecule has 0 saturated carbocycles. The zero-order valence-corrected chi connectivity index (χ0v) is 13.3. The number of carbonyl (C=O) groups is 2. The topological polar surface area (TPSA) is 89.6 Å². The third-order valence-corrected chi connectivity index (χ3v) is 3.30. The minimum Gasteiger partial charge on any atom is -0.454 e. The Morgan fingerprint density at radius 2 is 1.88 bits per heavy atom. The molecule has 0 bridgehead atoms. The van der Waals surface area contributed by atoms with E-state index in [4.69, 9.17) is 9.47 Å². The molecule has 0 aliphatic carbocycles. The number of rotatable bonds is 4. The zero-order chi connectivity index (χ0) is 17.1. The van der Waals surface area contributed by atoms with Gasteiger partial charge in [-0.2, -0.15) is 0 Å². The largest absolute Gasteiger partial charge is 0.454 e. The van der Waals surface area contributed by atoms with E-state index in [1.165, 1.54) is 12.3 Å².